The maximum absolute atomic E-state index is 12.3. The van der Waals surface area contributed by atoms with Gasteiger partial charge in [0.1, 0.15) is 11.4 Å². The standard InChI is InChI=1S/C12H10N4O3S2/c1-6-4-7-9(21-6)15-12(19)16(10(7)18)5-8(17)14-11-13-2-3-20-11/h2-4H,5H2,1H3,(H,15,19)(H,13,14,17). The maximum Gasteiger partial charge on any atom is 0.329 e. The van der Waals surface area contributed by atoms with Gasteiger partial charge in [-0.15, -0.1) is 22.7 Å². The van der Waals surface area contributed by atoms with E-state index in [0.717, 1.165) is 9.44 Å². The van der Waals surface area contributed by atoms with Gasteiger partial charge in [0.25, 0.3) is 5.56 Å². The van der Waals surface area contributed by atoms with Gasteiger partial charge in [-0.1, -0.05) is 0 Å². The van der Waals surface area contributed by atoms with Crippen LogP contribution in [0.1, 0.15) is 4.88 Å². The Balaban J connectivity index is 1.95. The molecule has 3 aromatic rings. The summed E-state index contributed by atoms with van der Waals surface area (Å²) in [5, 5.41) is 5.10. The van der Waals surface area contributed by atoms with Crippen LogP contribution in [0.3, 0.4) is 0 Å². The molecule has 0 radical (unpaired) electrons. The minimum atomic E-state index is -0.594. The van der Waals surface area contributed by atoms with Crippen molar-refractivity contribution < 1.29 is 4.79 Å². The van der Waals surface area contributed by atoms with Crippen LogP contribution in [-0.2, 0) is 11.3 Å². The first-order chi connectivity index (χ1) is 10.0. The number of aromatic nitrogens is 3. The number of fused-ring (bicyclic) bond motifs is 1. The van der Waals surface area contributed by atoms with E-state index < -0.39 is 17.2 Å². The molecule has 3 heterocycles. The summed E-state index contributed by atoms with van der Waals surface area (Å²) in [5.74, 6) is -0.469. The van der Waals surface area contributed by atoms with Crippen LogP contribution in [0, 0.1) is 6.92 Å². The van der Waals surface area contributed by atoms with Crippen LogP contribution < -0.4 is 16.6 Å². The number of thiophene rings is 1. The lowest BCUT2D eigenvalue weighted by atomic mass is 10.3. The van der Waals surface area contributed by atoms with E-state index in [1.165, 1.54) is 22.7 Å². The number of thiazole rings is 1. The van der Waals surface area contributed by atoms with Gasteiger partial charge in [0.2, 0.25) is 5.91 Å². The number of nitrogens with one attached hydrogen (secondary N) is 2. The van der Waals surface area contributed by atoms with Crippen LogP contribution in [0.15, 0.2) is 27.2 Å². The molecule has 2 N–H and O–H groups in total. The van der Waals surface area contributed by atoms with E-state index in [-0.39, 0.29) is 6.54 Å². The number of anilines is 1. The fraction of sp³-hybridized carbons (Fsp3) is 0.167. The number of hydrogen-bond donors (Lipinski definition) is 2. The zero-order chi connectivity index (χ0) is 15.0. The molecular formula is C12H10N4O3S2. The molecule has 3 aromatic heterocycles. The molecule has 0 aliphatic rings. The number of aromatic amines is 1. The van der Waals surface area contributed by atoms with E-state index in [2.05, 4.69) is 15.3 Å². The van der Waals surface area contributed by atoms with Gasteiger partial charge < -0.3 is 5.32 Å². The Bertz CT molecular complexity index is 920. The first-order valence-corrected chi connectivity index (χ1v) is 7.67. The third-order valence-corrected chi connectivity index (χ3v) is 4.43. The Labute approximate surface area is 125 Å². The normalized spacial score (nSPS) is 10.9. The van der Waals surface area contributed by atoms with Crippen molar-refractivity contribution in [1.29, 1.82) is 0 Å². The van der Waals surface area contributed by atoms with Crippen LogP contribution in [0.25, 0.3) is 10.2 Å². The highest BCUT2D eigenvalue weighted by molar-refractivity contribution is 7.18. The molecule has 1 amide bonds. The van der Waals surface area contributed by atoms with E-state index in [1.807, 2.05) is 6.92 Å². The molecule has 3 rings (SSSR count). The molecule has 0 unspecified atom stereocenters. The summed E-state index contributed by atoms with van der Waals surface area (Å²) in [5.41, 5.74) is -1.06. The Morgan fingerprint density at radius 3 is 3.00 bits per heavy atom. The Kier molecular flexibility index (Phi) is 3.43. The Morgan fingerprint density at radius 2 is 2.29 bits per heavy atom. The Hall–Kier alpha value is -2.26. The molecule has 0 aliphatic heterocycles. The molecule has 0 saturated carbocycles. The van der Waals surface area contributed by atoms with Gasteiger partial charge in [-0.05, 0) is 13.0 Å². The maximum atomic E-state index is 12.3. The van der Waals surface area contributed by atoms with Gasteiger partial charge in [-0.3, -0.25) is 19.1 Å². The van der Waals surface area contributed by atoms with Crippen LogP contribution in [0.2, 0.25) is 0 Å². The minimum Gasteiger partial charge on any atom is -0.300 e. The predicted octanol–water partition coefficient (Wildman–Crippen LogP) is 1.15. The highest BCUT2D eigenvalue weighted by Gasteiger charge is 2.13. The fourth-order valence-electron chi connectivity index (χ4n) is 1.90. The second kappa shape index (κ2) is 5.26. The van der Waals surface area contributed by atoms with Crippen molar-refractivity contribution in [3.8, 4) is 0 Å². The summed E-state index contributed by atoms with van der Waals surface area (Å²) < 4.78 is 0.886. The lowest BCUT2D eigenvalue weighted by Crippen LogP contribution is -2.38. The molecule has 0 fully saturated rings. The van der Waals surface area contributed by atoms with Crippen LogP contribution in [0.4, 0.5) is 5.13 Å². The number of H-pyrrole nitrogens is 1. The second-order valence-electron chi connectivity index (χ2n) is 4.31. The quantitative estimate of drug-likeness (QED) is 0.756. The lowest BCUT2D eigenvalue weighted by Gasteiger charge is -2.04. The van der Waals surface area contributed by atoms with Gasteiger partial charge in [0.05, 0.1) is 5.39 Å². The van der Waals surface area contributed by atoms with Crippen LogP contribution in [-0.4, -0.2) is 20.4 Å². The molecular weight excluding hydrogens is 312 g/mol. The fourth-order valence-corrected chi connectivity index (χ4v) is 3.34. The number of hydrogen-bond acceptors (Lipinski definition) is 6. The van der Waals surface area contributed by atoms with Crippen molar-refractivity contribution in [2.24, 2.45) is 0 Å². The summed E-state index contributed by atoms with van der Waals surface area (Å²) in [6.07, 6.45) is 1.56. The zero-order valence-corrected chi connectivity index (χ0v) is 12.5. The highest BCUT2D eigenvalue weighted by Crippen LogP contribution is 2.18. The first-order valence-electron chi connectivity index (χ1n) is 5.97. The van der Waals surface area contributed by atoms with E-state index in [9.17, 15) is 14.4 Å². The third-order valence-electron chi connectivity index (χ3n) is 2.78. The largest absolute Gasteiger partial charge is 0.329 e. The van der Waals surface area contributed by atoms with Crippen molar-refractivity contribution in [3.63, 3.8) is 0 Å². The number of nitrogens with zero attached hydrogens (tertiary/aromatic N) is 2. The average molecular weight is 322 g/mol. The van der Waals surface area contributed by atoms with Gasteiger partial charge >= 0.3 is 5.69 Å². The summed E-state index contributed by atoms with van der Waals surface area (Å²) in [6.45, 7) is 1.50. The average Bonchev–Trinajstić information content (AvgIpc) is 3.04. The smallest absolute Gasteiger partial charge is 0.300 e. The molecule has 21 heavy (non-hydrogen) atoms. The van der Waals surface area contributed by atoms with Gasteiger partial charge in [-0.25, -0.2) is 9.78 Å². The highest BCUT2D eigenvalue weighted by atomic mass is 32.1. The van der Waals surface area contributed by atoms with Crippen molar-refractivity contribution in [2.75, 3.05) is 5.32 Å². The summed E-state index contributed by atoms with van der Waals surface area (Å²) >= 11 is 2.60. The summed E-state index contributed by atoms with van der Waals surface area (Å²) in [6, 6.07) is 1.70. The number of aryl methyl sites for hydroxylation is 1. The van der Waals surface area contributed by atoms with Crippen molar-refractivity contribution in [2.45, 2.75) is 13.5 Å². The van der Waals surface area contributed by atoms with Gasteiger partial charge in [0, 0.05) is 16.5 Å². The molecule has 0 atom stereocenters. The van der Waals surface area contributed by atoms with E-state index >= 15 is 0 Å². The topological polar surface area (TPSA) is 96.8 Å². The number of carbonyl (C=O) groups excluding carboxylic acids is 1. The summed E-state index contributed by atoms with van der Waals surface area (Å²) in [4.78, 5) is 44.0. The van der Waals surface area contributed by atoms with Gasteiger partial charge in [-0.2, -0.15) is 0 Å². The Morgan fingerprint density at radius 1 is 1.48 bits per heavy atom. The van der Waals surface area contributed by atoms with Crippen molar-refractivity contribution >= 4 is 43.9 Å². The number of rotatable bonds is 3. The number of amides is 1. The van der Waals surface area contributed by atoms with Crippen molar-refractivity contribution in [3.05, 3.63) is 43.4 Å². The lowest BCUT2D eigenvalue weighted by molar-refractivity contribution is -0.116. The molecule has 9 heteroatoms. The van der Waals surface area contributed by atoms with Crippen LogP contribution >= 0.6 is 22.7 Å². The van der Waals surface area contributed by atoms with Gasteiger partial charge in [0.15, 0.2) is 5.13 Å². The van der Waals surface area contributed by atoms with Crippen molar-refractivity contribution in [1.82, 2.24) is 14.5 Å². The predicted molar refractivity (Wildman–Crippen MR) is 82.2 cm³/mol. The third kappa shape index (κ3) is 2.65. The molecule has 7 nitrogen and oxygen atoms in total. The molecule has 0 saturated heterocycles. The molecule has 0 aromatic carbocycles. The molecule has 0 spiro atoms. The molecule has 108 valence electrons. The minimum absolute atomic E-state index is 0.349. The zero-order valence-electron chi connectivity index (χ0n) is 10.9. The van der Waals surface area contributed by atoms with E-state index in [1.54, 1.807) is 17.6 Å². The monoisotopic (exact) mass is 322 g/mol. The van der Waals surface area contributed by atoms with E-state index in [0.29, 0.717) is 15.3 Å². The molecule has 0 bridgehead atoms. The SMILES string of the molecule is Cc1cc2c(=O)n(CC(=O)Nc3nccs3)c(=O)[nH]c2s1. The second-order valence-corrected chi connectivity index (χ2v) is 6.46. The van der Waals surface area contributed by atoms with E-state index in [4.69, 9.17) is 0 Å². The number of carbonyl (C=O) groups is 1. The summed E-state index contributed by atoms with van der Waals surface area (Å²) in [7, 11) is 0. The first kappa shape index (κ1) is 13.7. The van der Waals surface area contributed by atoms with Crippen LogP contribution in [0.5, 0.6) is 0 Å². The molecule has 0 aliphatic carbocycles.